The number of benzene rings is 2. The van der Waals surface area contributed by atoms with Crippen molar-refractivity contribution >= 4 is 33.7 Å². The van der Waals surface area contributed by atoms with E-state index < -0.39 is 0 Å². The van der Waals surface area contributed by atoms with Crippen LogP contribution >= 0.6 is 11.6 Å². The summed E-state index contributed by atoms with van der Waals surface area (Å²) in [5.74, 6) is 1.39. The molecule has 2 aromatic heterocycles. The second-order valence-electron chi connectivity index (χ2n) is 6.06. The van der Waals surface area contributed by atoms with Gasteiger partial charge in [0, 0.05) is 23.0 Å². The Balaban J connectivity index is 1.73. The minimum Gasteiger partial charge on any atom is -0.486 e. The average Bonchev–Trinajstić information content (AvgIpc) is 3.07. The van der Waals surface area contributed by atoms with Gasteiger partial charge in [0.05, 0.1) is 12.7 Å². The van der Waals surface area contributed by atoms with Gasteiger partial charge in [-0.2, -0.15) is 9.61 Å². The maximum Gasteiger partial charge on any atom is 0.222 e. The third kappa shape index (κ3) is 2.14. The minimum atomic E-state index is 0.622. The van der Waals surface area contributed by atoms with Crippen molar-refractivity contribution in [1.29, 1.82) is 0 Å². The van der Waals surface area contributed by atoms with Crippen LogP contribution in [0.25, 0.3) is 27.8 Å². The zero-order chi connectivity index (χ0) is 17.0. The van der Waals surface area contributed by atoms with Crippen LogP contribution in [-0.2, 0) is 0 Å². The van der Waals surface area contributed by atoms with Crippen LogP contribution in [0.3, 0.4) is 0 Å². The lowest BCUT2D eigenvalue weighted by molar-refractivity contribution is 0.312. The molecule has 25 heavy (non-hydrogen) atoms. The SMILES string of the molecule is CN1CCOc2c1cnn1c(-c3ccc4cccc(Cl)c4c3)nnc21. The minimum absolute atomic E-state index is 0.622. The van der Waals surface area contributed by atoms with E-state index in [9.17, 15) is 0 Å². The molecule has 2 aromatic carbocycles. The molecule has 3 heterocycles. The van der Waals surface area contributed by atoms with Gasteiger partial charge >= 0.3 is 0 Å². The zero-order valence-electron chi connectivity index (χ0n) is 13.5. The van der Waals surface area contributed by atoms with E-state index in [0.29, 0.717) is 23.1 Å². The van der Waals surface area contributed by atoms with Crippen LogP contribution in [0.1, 0.15) is 0 Å². The van der Waals surface area contributed by atoms with Gasteiger partial charge in [-0.3, -0.25) is 0 Å². The Kier molecular flexibility index (Phi) is 3.08. The fourth-order valence-electron chi connectivity index (χ4n) is 3.19. The number of likely N-dealkylation sites (N-methyl/N-ethyl adjacent to an activating group) is 1. The highest BCUT2D eigenvalue weighted by atomic mass is 35.5. The standard InChI is InChI=1S/C18H14ClN5O/c1-23-7-8-25-16-15(23)10-20-24-17(21-22-18(16)24)12-6-5-11-3-2-4-14(19)13(11)9-12/h2-6,9-10H,7-8H2,1H3. The molecule has 0 radical (unpaired) electrons. The highest BCUT2D eigenvalue weighted by Gasteiger charge is 2.22. The van der Waals surface area contributed by atoms with E-state index in [1.165, 1.54) is 0 Å². The summed E-state index contributed by atoms with van der Waals surface area (Å²) in [6, 6.07) is 11.9. The normalized spacial score (nSPS) is 13.9. The van der Waals surface area contributed by atoms with Gasteiger partial charge in [-0.05, 0) is 17.5 Å². The Bertz CT molecular complexity index is 1120. The first kappa shape index (κ1) is 14.5. The van der Waals surface area contributed by atoms with Crippen molar-refractivity contribution in [2.24, 2.45) is 0 Å². The summed E-state index contributed by atoms with van der Waals surface area (Å²) in [4.78, 5) is 2.11. The third-order valence-corrected chi connectivity index (χ3v) is 4.87. The molecular weight excluding hydrogens is 338 g/mol. The maximum absolute atomic E-state index is 6.34. The number of nitrogens with zero attached hydrogens (tertiary/aromatic N) is 5. The number of fused-ring (bicyclic) bond motifs is 4. The van der Waals surface area contributed by atoms with E-state index in [0.717, 1.165) is 34.3 Å². The van der Waals surface area contributed by atoms with Crippen molar-refractivity contribution in [3.8, 4) is 17.1 Å². The van der Waals surface area contributed by atoms with Crippen molar-refractivity contribution < 1.29 is 4.74 Å². The molecule has 6 nitrogen and oxygen atoms in total. The van der Waals surface area contributed by atoms with Gasteiger partial charge in [0.25, 0.3) is 0 Å². The fraction of sp³-hybridized carbons (Fsp3) is 0.167. The van der Waals surface area contributed by atoms with E-state index in [2.05, 4.69) is 20.2 Å². The Labute approximate surface area is 148 Å². The number of ether oxygens (including phenoxy) is 1. The number of rotatable bonds is 1. The maximum atomic E-state index is 6.34. The summed E-state index contributed by atoms with van der Waals surface area (Å²) < 4.78 is 7.54. The highest BCUT2D eigenvalue weighted by Crippen LogP contribution is 2.35. The Morgan fingerprint density at radius 1 is 1.16 bits per heavy atom. The first-order chi connectivity index (χ1) is 12.2. The smallest absolute Gasteiger partial charge is 0.222 e. The van der Waals surface area contributed by atoms with Crippen LogP contribution < -0.4 is 9.64 Å². The summed E-state index contributed by atoms with van der Waals surface area (Å²) >= 11 is 6.34. The predicted molar refractivity (Wildman–Crippen MR) is 97.5 cm³/mol. The molecule has 0 saturated heterocycles. The van der Waals surface area contributed by atoms with Gasteiger partial charge in [0.1, 0.15) is 12.3 Å². The molecule has 0 saturated carbocycles. The molecule has 0 aliphatic carbocycles. The molecule has 1 aliphatic heterocycles. The number of aromatic nitrogens is 4. The lowest BCUT2D eigenvalue weighted by Gasteiger charge is -2.26. The van der Waals surface area contributed by atoms with E-state index in [4.69, 9.17) is 16.3 Å². The molecule has 4 aromatic rings. The average molecular weight is 352 g/mol. The quantitative estimate of drug-likeness (QED) is 0.526. The van der Waals surface area contributed by atoms with E-state index in [-0.39, 0.29) is 0 Å². The first-order valence-electron chi connectivity index (χ1n) is 7.99. The molecule has 0 N–H and O–H groups in total. The molecule has 1 aliphatic rings. The molecule has 0 amide bonds. The monoisotopic (exact) mass is 351 g/mol. The van der Waals surface area contributed by atoms with Crippen LogP contribution in [0.5, 0.6) is 5.75 Å². The highest BCUT2D eigenvalue weighted by molar-refractivity contribution is 6.35. The van der Waals surface area contributed by atoms with Gasteiger partial charge in [0.2, 0.25) is 5.65 Å². The number of anilines is 1. The fourth-order valence-corrected chi connectivity index (χ4v) is 3.42. The third-order valence-electron chi connectivity index (χ3n) is 4.54. The van der Waals surface area contributed by atoms with Crippen molar-refractivity contribution in [2.75, 3.05) is 25.1 Å². The van der Waals surface area contributed by atoms with Gasteiger partial charge < -0.3 is 9.64 Å². The van der Waals surface area contributed by atoms with Gasteiger partial charge in [-0.25, -0.2) is 0 Å². The Morgan fingerprint density at radius 3 is 3.00 bits per heavy atom. The number of hydrogen-bond donors (Lipinski definition) is 0. The largest absolute Gasteiger partial charge is 0.486 e. The molecule has 0 spiro atoms. The lowest BCUT2D eigenvalue weighted by Crippen LogP contribution is -2.29. The first-order valence-corrected chi connectivity index (χ1v) is 8.37. The number of hydrogen-bond acceptors (Lipinski definition) is 5. The molecule has 0 atom stereocenters. The zero-order valence-corrected chi connectivity index (χ0v) is 14.2. The Hall–Kier alpha value is -2.86. The summed E-state index contributed by atoms with van der Waals surface area (Å²) in [6.07, 6.45) is 1.79. The van der Waals surface area contributed by atoms with Gasteiger partial charge in [0.15, 0.2) is 11.6 Å². The lowest BCUT2D eigenvalue weighted by atomic mass is 10.1. The topological polar surface area (TPSA) is 55.5 Å². The Morgan fingerprint density at radius 2 is 2.08 bits per heavy atom. The van der Waals surface area contributed by atoms with Crippen LogP contribution in [0.2, 0.25) is 5.02 Å². The van der Waals surface area contributed by atoms with Crippen molar-refractivity contribution in [3.05, 3.63) is 47.6 Å². The van der Waals surface area contributed by atoms with Crippen LogP contribution in [0.15, 0.2) is 42.6 Å². The van der Waals surface area contributed by atoms with Gasteiger partial charge in [-0.1, -0.05) is 35.9 Å². The van der Waals surface area contributed by atoms with Crippen LogP contribution in [0.4, 0.5) is 5.69 Å². The van der Waals surface area contributed by atoms with Crippen molar-refractivity contribution in [1.82, 2.24) is 19.8 Å². The summed E-state index contributed by atoms with van der Waals surface area (Å²) in [5, 5.41) is 16.0. The van der Waals surface area contributed by atoms with E-state index in [1.54, 1.807) is 10.7 Å². The van der Waals surface area contributed by atoms with Crippen LogP contribution in [-0.4, -0.2) is 40.0 Å². The number of halogens is 1. The predicted octanol–water partition coefficient (Wildman–Crippen LogP) is 3.43. The molecular formula is C18H14ClN5O. The molecule has 5 rings (SSSR count). The summed E-state index contributed by atoms with van der Waals surface area (Å²) in [6.45, 7) is 1.45. The summed E-state index contributed by atoms with van der Waals surface area (Å²) in [5.41, 5.74) is 2.46. The summed E-state index contributed by atoms with van der Waals surface area (Å²) in [7, 11) is 2.02. The molecule has 0 bridgehead atoms. The molecule has 0 unspecified atom stereocenters. The van der Waals surface area contributed by atoms with Crippen molar-refractivity contribution in [2.45, 2.75) is 0 Å². The molecule has 124 valence electrons. The second kappa shape index (κ2) is 5.32. The van der Waals surface area contributed by atoms with E-state index in [1.807, 2.05) is 43.4 Å². The van der Waals surface area contributed by atoms with E-state index >= 15 is 0 Å². The van der Waals surface area contributed by atoms with Crippen LogP contribution in [0, 0.1) is 0 Å². The second-order valence-corrected chi connectivity index (χ2v) is 6.47. The van der Waals surface area contributed by atoms with Crippen molar-refractivity contribution in [3.63, 3.8) is 0 Å². The van der Waals surface area contributed by atoms with Gasteiger partial charge in [-0.15, -0.1) is 10.2 Å². The molecule has 0 fully saturated rings. The molecule has 7 heteroatoms.